The number of carboxylic acids is 2. The Bertz CT molecular complexity index is 1390. The number of unbranched alkanes of at least 4 members (excludes halogenated alkanes) is 15. The molecule has 0 rings (SSSR count). The van der Waals surface area contributed by atoms with Gasteiger partial charge in [-0.05, 0) is 26.2 Å². The van der Waals surface area contributed by atoms with Crippen molar-refractivity contribution in [2.75, 3.05) is 105 Å². The van der Waals surface area contributed by atoms with Crippen LogP contribution in [0.1, 0.15) is 142 Å². The van der Waals surface area contributed by atoms with E-state index in [2.05, 4.69) is 21.3 Å². The Balaban J connectivity index is 3.62. The third kappa shape index (κ3) is 46.1. The quantitative estimate of drug-likeness (QED) is 0.0431. The monoisotopic (exact) mass is 990 g/mol. The molecule has 0 fully saturated rings. The molecule has 2 atom stereocenters. The Morgan fingerprint density at radius 2 is 0.812 bits per heavy atom. The predicted octanol–water partition coefficient (Wildman–Crippen LogP) is 3.01. The Kier molecular flexibility index (Phi) is 44.7. The van der Waals surface area contributed by atoms with Gasteiger partial charge < -0.3 is 65.6 Å². The van der Waals surface area contributed by atoms with Crippen molar-refractivity contribution < 1.29 is 77.0 Å². The third-order valence-electron chi connectivity index (χ3n) is 10.7. The van der Waals surface area contributed by atoms with Gasteiger partial charge in [0.15, 0.2) is 5.78 Å². The molecule has 0 radical (unpaired) electrons. The minimum absolute atomic E-state index is 0.00983. The van der Waals surface area contributed by atoms with Gasteiger partial charge in [0.25, 0.3) is 0 Å². The normalized spacial score (nSPS) is 12.0. The molecule has 0 aromatic heterocycles. The smallest absolute Gasteiger partial charge is 0.306 e. The second kappa shape index (κ2) is 47.6. The molecule has 0 aliphatic heterocycles. The summed E-state index contributed by atoms with van der Waals surface area (Å²) in [4.78, 5) is 93.9. The second-order valence-corrected chi connectivity index (χ2v) is 16.9. The lowest BCUT2D eigenvalue weighted by Crippen LogP contribution is -2.42. The van der Waals surface area contributed by atoms with Crippen molar-refractivity contribution in [2.45, 2.75) is 148 Å². The average Bonchev–Trinajstić information content (AvgIpc) is 3.31. The van der Waals surface area contributed by atoms with Crippen LogP contribution < -0.4 is 27.0 Å². The van der Waals surface area contributed by atoms with Crippen molar-refractivity contribution in [2.24, 2.45) is 11.7 Å². The number of nitrogens with one attached hydrogen (secondary N) is 4. The van der Waals surface area contributed by atoms with Crippen LogP contribution in [0.15, 0.2) is 0 Å². The number of ketones is 2. The Morgan fingerprint density at radius 3 is 1.20 bits per heavy atom. The van der Waals surface area contributed by atoms with E-state index in [1.165, 1.54) is 57.8 Å². The number of carbonyl (C=O) groups is 8. The third-order valence-corrected chi connectivity index (χ3v) is 10.7. The minimum Gasteiger partial charge on any atom is -0.481 e. The lowest BCUT2D eigenvalue weighted by Gasteiger charge is -2.12. The molecule has 8 N–H and O–H groups in total. The summed E-state index contributed by atoms with van der Waals surface area (Å²) in [6, 6.07) is -0.675. The first-order chi connectivity index (χ1) is 33.3. The van der Waals surface area contributed by atoms with E-state index in [1.54, 1.807) is 6.92 Å². The first-order valence-electron chi connectivity index (χ1n) is 25.1. The van der Waals surface area contributed by atoms with Crippen LogP contribution in [-0.4, -0.2) is 169 Å². The van der Waals surface area contributed by atoms with E-state index in [0.717, 1.165) is 44.9 Å². The maximum atomic E-state index is 12.5. The van der Waals surface area contributed by atoms with Gasteiger partial charge in [0.1, 0.15) is 25.6 Å². The molecule has 0 aliphatic carbocycles. The SMILES string of the molecule is C[C@H](NC(=O)COCCOCCNC(=O)COCCOCCNC(=O)COCCOCCNC(=O)CC[C@H](CC(=O)CCCCCCCCCCCCCCCCCCC(=O)O)C(=O)O)C(=O)CN. The number of Topliss-reactive ketones (excluding diaryl/α,β-unsaturated/α-hetero) is 2. The fourth-order valence-electron chi connectivity index (χ4n) is 6.74. The van der Waals surface area contributed by atoms with E-state index in [-0.39, 0.29) is 160 Å². The summed E-state index contributed by atoms with van der Waals surface area (Å²) in [5.74, 6) is -4.46. The summed E-state index contributed by atoms with van der Waals surface area (Å²) in [6.07, 6.45) is 18.6. The summed E-state index contributed by atoms with van der Waals surface area (Å²) in [5, 5.41) is 28.7. The van der Waals surface area contributed by atoms with Gasteiger partial charge in [-0.25, -0.2) is 0 Å². The highest BCUT2D eigenvalue weighted by atomic mass is 16.5. The molecular formula is C48H87N5O16. The number of hydrogen-bond donors (Lipinski definition) is 7. The first kappa shape index (κ1) is 64.9. The number of nitrogens with two attached hydrogens (primary N) is 1. The van der Waals surface area contributed by atoms with Crippen molar-refractivity contribution in [1.82, 2.24) is 21.3 Å². The van der Waals surface area contributed by atoms with Crippen LogP contribution in [0, 0.1) is 5.92 Å². The fourth-order valence-corrected chi connectivity index (χ4v) is 6.74. The zero-order chi connectivity index (χ0) is 51.0. The number of hydrogen-bond acceptors (Lipinski definition) is 15. The van der Waals surface area contributed by atoms with Crippen LogP contribution in [0.2, 0.25) is 0 Å². The summed E-state index contributed by atoms with van der Waals surface area (Å²) in [5.41, 5.74) is 5.25. The average molecular weight is 990 g/mol. The molecular weight excluding hydrogens is 903 g/mol. The number of aliphatic carboxylic acids is 2. The molecule has 69 heavy (non-hydrogen) atoms. The highest BCUT2D eigenvalue weighted by Gasteiger charge is 2.22. The van der Waals surface area contributed by atoms with E-state index in [4.69, 9.17) is 39.3 Å². The lowest BCUT2D eigenvalue weighted by atomic mass is 9.94. The molecule has 0 saturated heterocycles. The predicted molar refractivity (Wildman–Crippen MR) is 256 cm³/mol. The highest BCUT2D eigenvalue weighted by molar-refractivity contribution is 5.90. The van der Waals surface area contributed by atoms with E-state index in [0.29, 0.717) is 6.42 Å². The van der Waals surface area contributed by atoms with Crippen LogP contribution >= 0.6 is 0 Å². The molecule has 0 aromatic rings. The summed E-state index contributed by atoms with van der Waals surface area (Å²) in [6.45, 7) is 3.36. The molecule has 21 nitrogen and oxygen atoms in total. The number of carbonyl (C=O) groups excluding carboxylic acids is 6. The van der Waals surface area contributed by atoms with Crippen LogP contribution in [0.5, 0.6) is 0 Å². The van der Waals surface area contributed by atoms with Crippen molar-refractivity contribution in [3.63, 3.8) is 0 Å². The molecule has 21 heteroatoms. The standard InChI is InChI=1S/C48H87N5O16/c1-39(42(55)35-49)53-46(59)38-69-33-30-66-27-24-52-45(58)37-68-32-29-65-26-23-51-44(57)36-67-31-28-64-25-22-50-43(56)21-20-40(48(62)63)34-41(54)18-16-14-12-10-8-6-4-2-3-5-7-9-11-13-15-17-19-47(60)61/h39-40H,2-38,49H2,1H3,(H,50,56)(H,51,57)(H,52,58)(H,53,59)(H,60,61)(H,62,63)/t39-,40+/m0/s1. The van der Waals surface area contributed by atoms with Gasteiger partial charge in [-0.3, -0.25) is 38.4 Å². The number of ether oxygens (including phenoxy) is 6. The zero-order valence-corrected chi connectivity index (χ0v) is 41.5. The maximum Gasteiger partial charge on any atom is 0.306 e. The second-order valence-electron chi connectivity index (χ2n) is 16.9. The Labute approximate surface area is 409 Å². The van der Waals surface area contributed by atoms with Gasteiger partial charge in [-0.2, -0.15) is 0 Å². The summed E-state index contributed by atoms with van der Waals surface area (Å²) < 4.78 is 31.8. The fraction of sp³-hybridized carbons (Fsp3) is 0.833. The van der Waals surface area contributed by atoms with Crippen molar-refractivity contribution in [1.29, 1.82) is 0 Å². The molecule has 0 aliphatic rings. The molecule has 0 spiro atoms. The van der Waals surface area contributed by atoms with Crippen molar-refractivity contribution >= 4 is 47.1 Å². The largest absolute Gasteiger partial charge is 0.481 e. The van der Waals surface area contributed by atoms with E-state index in [1.807, 2.05) is 0 Å². The highest BCUT2D eigenvalue weighted by Crippen LogP contribution is 2.17. The molecule has 400 valence electrons. The zero-order valence-electron chi connectivity index (χ0n) is 41.5. The summed E-state index contributed by atoms with van der Waals surface area (Å²) >= 11 is 0. The van der Waals surface area contributed by atoms with E-state index >= 15 is 0 Å². The van der Waals surface area contributed by atoms with E-state index in [9.17, 15) is 43.5 Å². The van der Waals surface area contributed by atoms with Gasteiger partial charge in [0.05, 0.1) is 78.0 Å². The molecule has 0 unspecified atom stereocenters. The minimum atomic E-state index is -1.08. The lowest BCUT2D eigenvalue weighted by molar-refractivity contribution is -0.144. The Hall–Kier alpha value is -4.12. The maximum absolute atomic E-state index is 12.5. The van der Waals surface area contributed by atoms with Gasteiger partial charge in [0.2, 0.25) is 23.6 Å². The molecule has 0 saturated carbocycles. The van der Waals surface area contributed by atoms with Gasteiger partial charge in [-0.15, -0.1) is 0 Å². The molecule has 0 aromatic carbocycles. The van der Waals surface area contributed by atoms with Crippen LogP contribution in [0.3, 0.4) is 0 Å². The number of rotatable bonds is 52. The van der Waals surface area contributed by atoms with Crippen molar-refractivity contribution in [3.8, 4) is 0 Å². The van der Waals surface area contributed by atoms with E-state index < -0.39 is 29.8 Å². The number of amides is 4. The Morgan fingerprint density at radius 1 is 0.449 bits per heavy atom. The topological polar surface area (TPSA) is 307 Å². The van der Waals surface area contributed by atoms with Gasteiger partial charge in [-0.1, -0.05) is 89.9 Å². The van der Waals surface area contributed by atoms with Crippen LogP contribution in [-0.2, 0) is 66.8 Å². The molecule has 0 bridgehead atoms. The first-order valence-corrected chi connectivity index (χ1v) is 25.1. The molecule has 0 heterocycles. The molecule has 4 amide bonds. The van der Waals surface area contributed by atoms with Gasteiger partial charge >= 0.3 is 11.9 Å². The van der Waals surface area contributed by atoms with Crippen molar-refractivity contribution in [3.05, 3.63) is 0 Å². The number of carboxylic acid groups (broad SMARTS) is 2. The van der Waals surface area contributed by atoms with Gasteiger partial charge in [0, 0.05) is 45.3 Å². The summed E-state index contributed by atoms with van der Waals surface area (Å²) in [7, 11) is 0. The van der Waals surface area contributed by atoms with Crippen LogP contribution in [0.4, 0.5) is 0 Å². The van der Waals surface area contributed by atoms with Crippen LogP contribution in [0.25, 0.3) is 0 Å².